The zero-order chi connectivity index (χ0) is 13.0. The SMILES string of the molecule is N/C(=N/O)c1cc(Cl)ccc1OCc1ccco1. The summed E-state index contributed by atoms with van der Waals surface area (Å²) >= 11 is 5.85. The zero-order valence-electron chi connectivity index (χ0n) is 9.34. The monoisotopic (exact) mass is 266 g/mol. The first-order valence-electron chi connectivity index (χ1n) is 5.13. The van der Waals surface area contributed by atoms with Crippen molar-refractivity contribution >= 4 is 17.4 Å². The number of hydrogen-bond donors (Lipinski definition) is 2. The highest BCUT2D eigenvalue weighted by atomic mass is 35.5. The Morgan fingerprint density at radius 1 is 1.44 bits per heavy atom. The average molecular weight is 267 g/mol. The van der Waals surface area contributed by atoms with Gasteiger partial charge < -0.3 is 20.1 Å². The molecule has 3 N–H and O–H groups in total. The van der Waals surface area contributed by atoms with Gasteiger partial charge in [0, 0.05) is 5.02 Å². The van der Waals surface area contributed by atoms with Gasteiger partial charge >= 0.3 is 0 Å². The summed E-state index contributed by atoms with van der Waals surface area (Å²) in [6.07, 6.45) is 1.56. The summed E-state index contributed by atoms with van der Waals surface area (Å²) in [5, 5.41) is 12.1. The van der Waals surface area contributed by atoms with Crippen LogP contribution in [0.4, 0.5) is 0 Å². The van der Waals surface area contributed by atoms with Gasteiger partial charge in [0.25, 0.3) is 0 Å². The quantitative estimate of drug-likeness (QED) is 0.386. The topological polar surface area (TPSA) is 81.0 Å². The van der Waals surface area contributed by atoms with Crippen molar-refractivity contribution < 1.29 is 14.4 Å². The molecule has 1 heterocycles. The lowest BCUT2D eigenvalue weighted by Gasteiger charge is -2.09. The van der Waals surface area contributed by atoms with Crippen LogP contribution in [-0.2, 0) is 6.61 Å². The van der Waals surface area contributed by atoms with Gasteiger partial charge in [0.2, 0.25) is 0 Å². The van der Waals surface area contributed by atoms with E-state index in [1.165, 1.54) is 0 Å². The van der Waals surface area contributed by atoms with Crippen LogP contribution in [0.25, 0.3) is 0 Å². The minimum atomic E-state index is -0.0630. The first-order chi connectivity index (χ1) is 8.70. The maximum Gasteiger partial charge on any atom is 0.173 e. The van der Waals surface area contributed by atoms with Crippen LogP contribution in [-0.4, -0.2) is 11.0 Å². The van der Waals surface area contributed by atoms with E-state index in [4.69, 9.17) is 31.7 Å². The number of rotatable bonds is 4. The van der Waals surface area contributed by atoms with Crippen molar-refractivity contribution in [3.63, 3.8) is 0 Å². The number of nitrogens with zero attached hydrogens (tertiary/aromatic N) is 1. The van der Waals surface area contributed by atoms with Crippen molar-refractivity contribution in [2.24, 2.45) is 10.9 Å². The predicted molar refractivity (Wildman–Crippen MR) is 67.0 cm³/mol. The second-order valence-corrected chi connectivity index (χ2v) is 3.93. The van der Waals surface area contributed by atoms with Gasteiger partial charge in [0.1, 0.15) is 18.1 Å². The first kappa shape index (κ1) is 12.3. The van der Waals surface area contributed by atoms with E-state index in [1.807, 2.05) is 0 Å². The molecule has 0 unspecified atom stereocenters. The summed E-state index contributed by atoms with van der Waals surface area (Å²) in [7, 11) is 0. The Bertz CT molecular complexity index is 552. The highest BCUT2D eigenvalue weighted by molar-refractivity contribution is 6.31. The second-order valence-electron chi connectivity index (χ2n) is 3.49. The number of halogens is 1. The normalized spacial score (nSPS) is 11.5. The number of benzene rings is 1. The molecule has 2 rings (SSSR count). The number of furan rings is 1. The van der Waals surface area contributed by atoms with E-state index in [2.05, 4.69) is 5.16 Å². The Kier molecular flexibility index (Phi) is 3.74. The van der Waals surface area contributed by atoms with E-state index < -0.39 is 0 Å². The molecule has 0 saturated carbocycles. The van der Waals surface area contributed by atoms with Crippen LogP contribution in [0, 0.1) is 0 Å². The smallest absolute Gasteiger partial charge is 0.173 e. The largest absolute Gasteiger partial charge is 0.485 e. The van der Waals surface area contributed by atoms with Crippen LogP contribution in [0.5, 0.6) is 5.75 Å². The molecular formula is C12H11ClN2O3. The van der Waals surface area contributed by atoms with Crippen molar-refractivity contribution in [3.8, 4) is 5.75 Å². The van der Waals surface area contributed by atoms with Crippen molar-refractivity contribution in [2.45, 2.75) is 6.61 Å². The Morgan fingerprint density at radius 3 is 2.94 bits per heavy atom. The molecule has 0 amide bonds. The lowest BCUT2D eigenvalue weighted by atomic mass is 10.2. The van der Waals surface area contributed by atoms with Crippen molar-refractivity contribution in [2.75, 3.05) is 0 Å². The number of amidine groups is 1. The lowest BCUT2D eigenvalue weighted by molar-refractivity contribution is 0.269. The van der Waals surface area contributed by atoms with Crippen LogP contribution in [0.2, 0.25) is 5.02 Å². The highest BCUT2D eigenvalue weighted by Crippen LogP contribution is 2.23. The van der Waals surface area contributed by atoms with E-state index in [9.17, 15) is 0 Å². The van der Waals surface area contributed by atoms with E-state index in [0.717, 1.165) is 0 Å². The van der Waals surface area contributed by atoms with Crippen LogP contribution in [0.1, 0.15) is 11.3 Å². The van der Waals surface area contributed by atoms with Gasteiger partial charge in [-0.25, -0.2) is 0 Å². The fourth-order valence-electron chi connectivity index (χ4n) is 1.43. The lowest BCUT2D eigenvalue weighted by Crippen LogP contribution is -2.14. The molecule has 94 valence electrons. The maximum absolute atomic E-state index is 8.70. The van der Waals surface area contributed by atoms with Gasteiger partial charge in [0.15, 0.2) is 5.84 Å². The zero-order valence-corrected chi connectivity index (χ0v) is 10.1. The van der Waals surface area contributed by atoms with Crippen molar-refractivity contribution in [3.05, 3.63) is 52.9 Å². The van der Waals surface area contributed by atoms with Gasteiger partial charge in [-0.05, 0) is 30.3 Å². The minimum absolute atomic E-state index is 0.0630. The third kappa shape index (κ3) is 2.75. The predicted octanol–water partition coefficient (Wildman–Crippen LogP) is 2.61. The molecule has 1 aromatic heterocycles. The molecule has 2 aromatic rings. The summed E-state index contributed by atoms with van der Waals surface area (Å²) in [6.45, 7) is 0.250. The highest BCUT2D eigenvalue weighted by Gasteiger charge is 2.10. The molecule has 18 heavy (non-hydrogen) atoms. The van der Waals surface area contributed by atoms with Gasteiger partial charge in [-0.1, -0.05) is 16.8 Å². The molecular weight excluding hydrogens is 256 g/mol. The van der Waals surface area contributed by atoms with Gasteiger partial charge in [0.05, 0.1) is 11.8 Å². The molecule has 5 nitrogen and oxygen atoms in total. The molecule has 0 atom stereocenters. The molecule has 0 saturated heterocycles. The molecule has 0 spiro atoms. The second kappa shape index (κ2) is 5.46. The van der Waals surface area contributed by atoms with E-state index >= 15 is 0 Å². The van der Waals surface area contributed by atoms with Crippen LogP contribution in [0.15, 0.2) is 46.2 Å². The molecule has 0 bridgehead atoms. The average Bonchev–Trinajstić information content (AvgIpc) is 2.89. The molecule has 0 fully saturated rings. The molecule has 0 radical (unpaired) electrons. The van der Waals surface area contributed by atoms with E-state index in [-0.39, 0.29) is 12.4 Å². The standard InChI is InChI=1S/C12H11ClN2O3/c13-8-3-4-11(10(6-8)12(14)15-16)18-7-9-2-1-5-17-9/h1-6,16H,7H2,(H2,14,15). The van der Waals surface area contributed by atoms with Crippen LogP contribution < -0.4 is 10.5 Å². The Labute approximate surface area is 108 Å². The Morgan fingerprint density at radius 2 is 2.28 bits per heavy atom. The van der Waals surface area contributed by atoms with Gasteiger partial charge in [-0.15, -0.1) is 0 Å². The van der Waals surface area contributed by atoms with Gasteiger partial charge in [-0.2, -0.15) is 0 Å². The fourth-order valence-corrected chi connectivity index (χ4v) is 1.60. The molecule has 0 aliphatic carbocycles. The van der Waals surface area contributed by atoms with Crippen molar-refractivity contribution in [1.82, 2.24) is 0 Å². The van der Waals surface area contributed by atoms with E-state index in [1.54, 1.807) is 36.6 Å². The Hall–Kier alpha value is -2.14. The number of hydrogen-bond acceptors (Lipinski definition) is 4. The van der Waals surface area contributed by atoms with Crippen LogP contribution in [0.3, 0.4) is 0 Å². The summed E-state index contributed by atoms with van der Waals surface area (Å²) in [5.41, 5.74) is 5.98. The molecule has 0 aliphatic rings. The number of nitrogens with two attached hydrogens (primary N) is 1. The third-order valence-corrected chi connectivity index (χ3v) is 2.51. The van der Waals surface area contributed by atoms with E-state index in [0.29, 0.717) is 22.1 Å². The maximum atomic E-state index is 8.70. The summed E-state index contributed by atoms with van der Waals surface area (Å²) < 4.78 is 10.7. The summed E-state index contributed by atoms with van der Waals surface area (Å²) in [5.74, 6) is 1.08. The molecule has 6 heteroatoms. The van der Waals surface area contributed by atoms with Gasteiger partial charge in [-0.3, -0.25) is 0 Å². The summed E-state index contributed by atoms with van der Waals surface area (Å²) in [4.78, 5) is 0. The molecule has 0 aliphatic heterocycles. The Balaban J connectivity index is 2.21. The first-order valence-corrected chi connectivity index (χ1v) is 5.51. The minimum Gasteiger partial charge on any atom is -0.485 e. The third-order valence-electron chi connectivity index (χ3n) is 2.28. The van der Waals surface area contributed by atoms with Crippen molar-refractivity contribution in [1.29, 1.82) is 0 Å². The molecule has 1 aromatic carbocycles. The fraction of sp³-hybridized carbons (Fsp3) is 0.0833. The number of oxime groups is 1. The van der Waals surface area contributed by atoms with Crippen LogP contribution >= 0.6 is 11.6 Å². The number of ether oxygens (including phenoxy) is 1. The summed E-state index contributed by atoms with van der Waals surface area (Å²) in [6, 6.07) is 8.43.